The lowest BCUT2D eigenvalue weighted by molar-refractivity contribution is 0.102. The molecule has 0 aromatic heterocycles. The van der Waals surface area contributed by atoms with Crippen LogP contribution in [0.1, 0.15) is 10.4 Å². The lowest BCUT2D eigenvalue weighted by atomic mass is 10.1. The van der Waals surface area contributed by atoms with Crippen LogP contribution in [-0.4, -0.2) is 65.4 Å². The third-order valence-corrected chi connectivity index (χ3v) is 4.98. The molecule has 7 nitrogen and oxygen atoms in total. The van der Waals surface area contributed by atoms with Gasteiger partial charge >= 0.3 is 0 Å². The summed E-state index contributed by atoms with van der Waals surface area (Å²) in [7, 11) is 6.54. The Morgan fingerprint density at radius 2 is 1.59 bits per heavy atom. The number of carbonyl (C=O) groups is 1. The highest BCUT2D eigenvalue weighted by Gasteiger charge is 2.19. The lowest BCUT2D eigenvalue weighted by Crippen LogP contribution is -2.44. The third-order valence-electron chi connectivity index (χ3n) is 4.98. The summed E-state index contributed by atoms with van der Waals surface area (Å²) in [4.78, 5) is 16.8. The molecule has 0 spiro atoms. The lowest BCUT2D eigenvalue weighted by Gasteiger charge is -2.34. The van der Waals surface area contributed by atoms with Crippen molar-refractivity contribution in [3.63, 3.8) is 0 Å². The summed E-state index contributed by atoms with van der Waals surface area (Å²) in [5, 5.41) is 2.75. The monoisotopic (exact) mass is 403 g/mol. The van der Waals surface area contributed by atoms with Gasteiger partial charge < -0.3 is 29.3 Å². The normalized spacial score (nSPS) is 14.4. The molecule has 1 heterocycles. The molecule has 1 N–H and O–H groups in total. The van der Waals surface area contributed by atoms with Crippen molar-refractivity contribution in [3.8, 4) is 17.2 Å². The Kier molecular flexibility index (Phi) is 6.43. The van der Waals surface area contributed by atoms with Gasteiger partial charge in [0, 0.05) is 49.6 Å². The molecule has 0 aliphatic carbocycles. The van der Waals surface area contributed by atoms with Crippen LogP contribution in [0.5, 0.6) is 17.2 Å². The van der Waals surface area contributed by atoms with Crippen molar-refractivity contribution in [3.05, 3.63) is 41.7 Å². The van der Waals surface area contributed by atoms with Crippen molar-refractivity contribution in [2.24, 2.45) is 0 Å². The van der Waals surface area contributed by atoms with Gasteiger partial charge in [0.1, 0.15) is 5.82 Å². The zero-order valence-electron chi connectivity index (χ0n) is 17.1. The Balaban J connectivity index is 1.78. The number of amides is 1. The van der Waals surface area contributed by atoms with E-state index in [-0.39, 0.29) is 5.56 Å². The Morgan fingerprint density at radius 3 is 2.10 bits per heavy atom. The predicted molar refractivity (Wildman–Crippen MR) is 110 cm³/mol. The minimum Gasteiger partial charge on any atom is -0.493 e. The van der Waals surface area contributed by atoms with Gasteiger partial charge in [0.15, 0.2) is 11.5 Å². The fourth-order valence-electron chi connectivity index (χ4n) is 3.31. The Bertz CT molecular complexity index is 857. The van der Waals surface area contributed by atoms with E-state index in [9.17, 15) is 9.18 Å². The largest absolute Gasteiger partial charge is 0.493 e. The molecule has 1 fully saturated rings. The Labute approximate surface area is 170 Å². The first kappa shape index (κ1) is 20.7. The van der Waals surface area contributed by atoms with E-state index in [0.717, 1.165) is 26.2 Å². The molecule has 0 bridgehead atoms. The molecule has 0 atom stereocenters. The molecule has 0 radical (unpaired) electrons. The van der Waals surface area contributed by atoms with Crippen LogP contribution in [-0.2, 0) is 0 Å². The molecule has 29 heavy (non-hydrogen) atoms. The quantitative estimate of drug-likeness (QED) is 0.800. The minimum absolute atomic E-state index is 0.231. The van der Waals surface area contributed by atoms with Crippen LogP contribution in [0.4, 0.5) is 15.8 Å². The van der Waals surface area contributed by atoms with Crippen LogP contribution in [0.25, 0.3) is 0 Å². The molecule has 0 unspecified atom stereocenters. The maximum absolute atomic E-state index is 14.7. The molecule has 2 aromatic carbocycles. The SMILES string of the molecule is COc1cc(NC(=O)c2ccc(N3CCN(C)CC3)c(F)c2)cc(OC)c1OC. The van der Waals surface area contributed by atoms with Crippen molar-refractivity contribution in [1.29, 1.82) is 0 Å². The fourth-order valence-corrected chi connectivity index (χ4v) is 3.31. The van der Waals surface area contributed by atoms with E-state index in [4.69, 9.17) is 14.2 Å². The van der Waals surface area contributed by atoms with Gasteiger partial charge in [-0.15, -0.1) is 0 Å². The highest BCUT2D eigenvalue weighted by atomic mass is 19.1. The number of ether oxygens (including phenoxy) is 3. The zero-order valence-corrected chi connectivity index (χ0v) is 17.1. The van der Waals surface area contributed by atoms with Crippen LogP contribution in [0.3, 0.4) is 0 Å². The van der Waals surface area contributed by atoms with E-state index in [1.54, 1.807) is 24.3 Å². The first-order valence-electron chi connectivity index (χ1n) is 9.31. The number of piperazine rings is 1. The van der Waals surface area contributed by atoms with E-state index in [2.05, 4.69) is 10.2 Å². The second-order valence-electron chi connectivity index (χ2n) is 6.82. The summed E-state index contributed by atoms with van der Waals surface area (Å²) in [6.45, 7) is 3.26. The van der Waals surface area contributed by atoms with E-state index >= 15 is 0 Å². The fraction of sp³-hybridized carbons (Fsp3) is 0.381. The maximum Gasteiger partial charge on any atom is 0.255 e. The first-order chi connectivity index (χ1) is 14.0. The molecular formula is C21H26FN3O4. The highest BCUT2D eigenvalue weighted by molar-refractivity contribution is 6.04. The number of nitrogens with one attached hydrogen (secondary N) is 1. The Morgan fingerprint density at radius 1 is 0.966 bits per heavy atom. The second-order valence-corrected chi connectivity index (χ2v) is 6.82. The zero-order chi connectivity index (χ0) is 21.0. The molecule has 1 saturated heterocycles. The number of halogens is 1. The van der Waals surface area contributed by atoms with Gasteiger partial charge in [0.05, 0.1) is 27.0 Å². The van der Waals surface area contributed by atoms with Crippen LogP contribution < -0.4 is 24.4 Å². The van der Waals surface area contributed by atoms with Crippen LogP contribution in [0.15, 0.2) is 30.3 Å². The third kappa shape index (κ3) is 4.54. The van der Waals surface area contributed by atoms with Crippen molar-refractivity contribution < 1.29 is 23.4 Å². The molecule has 1 aliphatic rings. The molecule has 1 amide bonds. The van der Waals surface area contributed by atoms with Gasteiger partial charge in [-0.3, -0.25) is 4.79 Å². The standard InChI is InChI=1S/C21H26FN3O4/c1-24-7-9-25(10-8-24)17-6-5-14(11-16(17)22)21(26)23-15-12-18(27-2)20(29-4)19(13-15)28-3/h5-6,11-13H,7-10H2,1-4H3,(H,23,26). The van der Waals surface area contributed by atoms with E-state index in [0.29, 0.717) is 28.6 Å². The Hall–Kier alpha value is -3.00. The van der Waals surface area contributed by atoms with Gasteiger partial charge in [0.25, 0.3) is 5.91 Å². The van der Waals surface area contributed by atoms with Crippen LogP contribution in [0, 0.1) is 5.82 Å². The van der Waals surface area contributed by atoms with Crippen molar-refractivity contribution in [2.45, 2.75) is 0 Å². The predicted octanol–water partition coefficient (Wildman–Crippen LogP) is 2.86. The number of likely N-dealkylation sites (N-methyl/N-ethyl adjacent to an activating group) is 1. The summed E-state index contributed by atoms with van der Waals surface area (Å²) >= 11 is 0. The van der Waals surface area contributed by atoms with Gasteiger partial charge in [-0.1, -0.05) is 0 Å². The number of hydrogen-bond donors (Lipinski definition) is 1. The van der Waals surface area contributed by atoms with E-state index in [1.165, 1.54) is 27.4 Å². The maximum atomic E-state index is 14.7. The number of carbonyl (C=O) groups excluding carboxylic acids is 1. The number of hydrogen-bond acceptors (Lipinski definition) is 6. The molecular weight excluding hydrogens is 377 g/mol. The number of nitrogens with zero attached hydrogens (tertiary/aromatic N) is 2. The summed E-state index contributed by atoms with van der Waals surface area (Å²) in [5.41, 5.74) is 1.20. The van der Waals surface area contributed by atoms with Crippen LogP contribution >= 0.6 is 0 Å². The van der Waals surface area contributed by atoms with Gasteiger partial charge in [-0.2, -0.15) is 0 Å². The van der Waals surface area contributed by atoms with Crippen LogP contribution in [0.2, 0.25) is 0 Å². The molecule has 3 rings (SSSR count). The second kappa shape index (κ2) is 9.00. The van der Waals surface area contributed by atoms with Gasteiger partial charge in [0.2, 0.25) is 5.75 Å². The topological polar surface area (TPSA) is 63.3 Å². The average molecular weight is 403 g/mol. The average Bonchev–Trinajstić information content (AvgIpc) is 2.73. The van der Waals surface area contributed by atoms with E-state index < -0.39 is 11.7 Å². The number of rotatable bonds is 6. The molecule has 156 valence electrons. The van der Waals surface area contributed by atoms with Crippen molar-refractivity contribution in [1.82, 2.24) is 4.90 Å². The number of methoxy groups -OCH3 is 3. The summed E-state index contributed by atoms with van der Waals surface area (Å²) < 4.78 is 30.5. The van der Waals surface area contributed by atoms with Gasteiger partial charge in [-0.25, -0.2) is 4.39 Å². The molecule has 0 saturated carbocycles. The molecule has 2 aromatic rings. The van der Waals surface area contributed by atoms with Crippen molar-refractivity contribution in [2.75, 3.05) is 64.8 Å². The minimum atomic E-state index is -0.428. The summed E-state index contributed by atoms with van der Waals surface area (Å²) in [6.07, 6.45) is 0. The summed E-state index contributed by atoms with van der Waals surface area (Å²) in [5.74, 6) is 0.420. The molecule has 1 aliphatic heterocycles. The van der Waals surface area contributed by atoms with Crippen molar-refractivity contribution >= 4 is 17.3 Å². The summed E-state index contributed by atoms with van der Waals surface area (Å²) in [6, 6.07) is 7.79. The number of benzene rings is 2. The first-order valence-corrected chi connectivity index (χ1v) is 9.31. The highest BCUT2D eigenvalue weighted by Crippen LogP contribution is 2.40. The number of anilines is 2. The van der Waals surface area contributed by atoms with Gasteiger partial charge in [-0.05, 0) is 25.2 Å². The molecule has 8 heteroatoms. The van der Waals surface area contributed by atoms with E-state index in [1.807, 2.05) is 11.9 Å². The smallest absolute Gasteiger partial charge is 0.255 e.